The molecular weight excluding hydrogens is 236 g/mol. The molecule has 1 aromatic rings. The predicted octanol–water partition coefficient (Wildman–Crippen LogP) is 2.50. The third kappa shape index (κ3) is 2.11. The van der Waals surface area contributed by atoms with Crippen molar-refractivity contribution in [3.63, 3.8) is 0 Å². The lowest BCUT2D eigenvalue weighted by Gasteiger charge is -2.23. The van der Waals surface area contributed by atoms with E-state index in [4.69, 9.17) is 15.4 Å². The molecule has 1 aliphatic rings. The topological polar surface area (TPSA) is 43.4 Å². The minimum absolute atomic E-state index is 0.139. The number of benzene rings is 1. The van der Waals surface area contributed by atoms with Gasteiger partial charge in [-0.25, -0.2) is 8.42 Å². The molecule has 0 amide bonds. The summed E-state index contributed by atoms with van der Waals surface area (Å²) in [7, 11) is 1.64. The van der Waals surface area contributed by atoms with Gasteiger partial charge in [-0.15, -0.1) is 0 Å². The Morgan fingerprint density at radius 3 is 2.87 bits per heavy atom. The van der Waals surface area contributed by atoms with Gasteiger partial charge in [0, 0.05) is 10.7 Å². The predicted molar refractivity (Wildman–Crippen MR) is 58.0 cm³/mol. The quantitative estimate of drug-likeness (QED) is 0.715. The van der Waals surface area contributed by atoms with Gasteiger partial charge in [-0.05, 0) is 36.1 Å². The van der Waals surface area contributed by atoms with E-state index in [2.05, 4.69) is 0 Å². The van der Waals surface area contributed by atoms with E-state index in [1.807, 2.05) is 6.92 Å². The normalized spacial score (nSPS) is 20.5. The maximum atomic E-state index is 11.1. The maximum Gasteiger partial charge on any atom is 0.261 e. The first-order chi connectivity index (χ1) is 6.98. The Kier molecular flexibility index (Phi) is 2.64. The lowest BCUT2D eigenvalue weighted by Crippen LogP contribution is -2.12. The van der Waals surface area contributed by atoms with Crippen LogP contribution in [0.5, 0.6) is 5.75 Å². The number of ether oxygens (including phenoxy) is 1. The largest absolute Gasteiger partial charge is 0.493 e. The zero-order chi connectivity index (χ0) is 11.1. The van der Waals surface area contributed by atoms with Gasteiger partial charge in [-0.2, -0.15) is 0 Å². The first-order valence-corrected chi connectivity index (χ1v) is 7.01. The van der Waals surface area contributed by atoms with Gasteiger partial charge in [0.05, 0.1) is 11.5 Å². The SMILES string of the molecule is CC1CCOc2ccc(S(=O)(=O)Cl)cc21. The van der Waals surface area contributed by atoms with E-state index in [1.165, 1.54) is 6.07 Å². The Bertz CT molecular complexity index is 481. The van der Waals surface area contributed by atoms with E-state index in [0.29, 0.717) is 12.5 Å². The highest BCUT2D eigenvalue weighted by Gasteiger charge is 2.20. The summed E-state index contributed by atoms with van der Waals surface area (Å²) < 4.78 is 27.7. The summed E-state index contributed by atoms with van der Waals surface area (Å²) in [5, 5.41) is 0. The van der Waals surface area contributed by atoms with Gasteiger partial charge in [-0.3, -0.25) is 0 Å². The molecule has 3 nitrogen and oxygen atoms in total. The van der Waals surface area contributed by atoms with E-state index in [9.17, 15) is 8.42 Å². The minimum atomic E-state index is -3.64. The molecule has 1 aliphatic heterocycles. The average molecular weight is 247 g/mol. The van der Waals surface area contributed by atoms with Crippen molar-refractivity contribution in [2.24, 2.45) is 0 Å². The van der Waals surface area contributed by atoms with Crippen molar-refractivity contribution in [1.82, 2.24) is 0 Å². The minimum Gasteiger partial charge on any atom is -0.493 e. The first kappa shape index (κ1) is 10.8. The first-order valence-electron chi connectivity index (χ1n) is 4.70. The monoisotopic (exact) mass is 246 g/mol. The highest BCUT2D eigenvalue weighted by molar-refractivity contribution is 8.13. The van der Waals surface area contributed by atoms with Crippen molar-refractivity contribution < 1.29 is 13.2 Å². The Hall–Kier alpha value is -0.740. The van der Waals surface area contributed by atoms with Crippen molar-refractivity contribution in [3.05, 3.63) is 23.8 Å². The molecule has 0 aromatic heterocycles. The van der Waals surface area contributed by atoms with Crippen LogP contribution in [-0.2, 0) is 9.05 Å². The van der Waals surface area contributed by atoms with Crippen LogP contribution in [0.3, 0.4) is 0 Å². The Balaban J connectivity index is 2.53. The van der Waals surface area contributed by atoms with Gasteiger partial charge in [0.2, 0.25) is 0 Å². The lowest BCUT2D eigenvalue weighted by atomic mass is 9.95. The molecule has 15 heavy (non-hydrogen) atoms. The van der Waals surface area contributed by atoms with Crippen molar-refractivity contribution in [1.29, 1.82) is 0 Å². The van der Waals surface area contributed by atoms with Crippen molar-refractivity contribution in [2.45, 2.75) is 24.2 Å². The summed E-state index contributed by atoms with van der Waals surface area (Å²) in [6.45, 7) is 2.73. The molecule has 1 heterocycles. The summed E-state index contributed by atoms with van der Waals surface area (Å²) in [5.41, 5.74) is 0.919. The molecule has 0 bridgehead atoms. The maximum absolute atomic E-state index is 11.1. The summed E-state index contributed by atoms with van der Waals surface area (Å²) in [4.78, 5) is 0.139. The highest BCUT2D eigenvalue weighted by Crippen LogP contribution is 2.35. The number of fused-ring (bicyclic) bond motifs is 1. The molecule has 5 heteroatoms. The third-order valence-electron chi connectivity index (χ3n) is 2.60. The standard InChI is InChI=1S/C10H11ClO3S/c1-7-4-5-14-10-3-2-8(6-9(7)10)15(11,12)13/h2-3,6-7H,4-5H2,1H3. The number of halogens is 1. The lowest BCUT2D eigenvalue weighted by molar-refractivity contribution is 0.272. The van der Waals surface area contributed by atoms with Crippen molar-refractivity contribution >= 4 is 19.7 Å². The number of hydrogen-bond acceptors (Lipinski definition) is 3. The second-order valence-electron chi connectivity index (χ2n) is 3.68. The molecule has 0 radical (unpaired) electrons. The van der Waals surface area contributed by atoms with E-state index < -0.39 is 9.05 Å². The van der Waals surface area contributed by atoms with Gasteiger partial charge in [0.25, 0.3) is 9.05 Å². The Morgan fingerprint density at radius 1 is 1.47 bits per heavy atom. The molecule has 82 valence electrons. The van der Waals surface area contributed by atoms with Crippen LogP contribution in [0.15, 0.2) is 23.1 Å². The highest BCUT2D eigenvalue weighted by atomic mass is 35.7. The molecule has 0 aliphatic carbocycles. The van der Waals surface area contributed by atoms with Gasteiger partial charge in [0.1, 0.15) is 5.75 Å². The Labute approximate surface area is 93.4 Å². The van der Waals surface area contributed by atoms with Crippen LogP contribution < -0.4 is 4.74 Å². The molecule has 2 rings (SSSR count). The molecular formula is C10H11ClO3S. The average Bonchev–Trinajstić information content (AvgIpc) is 2.16. The molecule has 0 saturated carbocycles. The van der Waals surface area contributed by atoms with Crippen LogP contribution in [0.2, 0.25) is 0 Å². The fraction of sp³-hybridized carbons (Fsp3) is 0.400. The zero-order valence-electron chi connectivity index (χ0n) is 8.23. The van der Waals surface area contributed by atoms with Gasteiger partial charge >= 0.3 is 0 Å². The Morgan fingerprint density at radius 2 is 2.20 bits per heavy atom. The zero-order valence-corrected chi connectivity index (χ0v) is 9.81. The summed E-state index contributed by atoms with van der Waals surface area (Å²) in [6.07, 6.45) is 0.902. The van der Waals surface area contributed by atoms with Crippen LogP contribution in [0, 0.1) is 0 Å². The second kappa shape index (κ2) is 3.68. The van der Waals surface area contributed by atoms with Crippen molar-refractivity contribution in [3.8, 4) is 5.75 Å². The van der Waals surface area contributed by atoms with Crippen LogP contribution in [0.25, 0.3) is 0 Å². The smallest absolute Gasteiger partial charge is 0.261 e. The van der Waals surface area contributed by atoms with E-state index in [1.54, 1.807) is 12.1 Å². The summed E-state index contributed by atoms with van der Waals surface area (Å²) >= 11 is 0. The van der Waals surface area contributed by atoms with Gasteiger partial charge in [-0.1, -0.05) is 6.92 Å². The van der Waals surface area contributed by atoms with E-state index in [0.717, 1.165) is 17.7 Å². The molecule has 1 atom stereocenters. The molecule has 0 N–H and O–H groups in total. The van der Waals surface area contributed by atoms with Crippen molar-refractivity contribution in [2.75, 3.05) is 6.61 Å². The summed E-state index contributed by atoms with van der Waals surface area (Å²) in [6, 6.07) is 4.74. The summed E-state index contributed by atoms with van der Waals surface area (Å²) in [5.74, 6) is 1.07. The molecule has 1 unspecified atom stereocenters. The van der Waals surface area contributed by atoms with E-state index in [-0.39, 0.29) is 4.90 Å². The van der Waals surface area contributed by atoms with Gasteiger partial charge in [0.15, 0.2) is 0 Å². The molecule has 1 aromatic carbocycles. The fourth-order valence-electron chi connectivity index (χ4n) is 1.70. The second-order valence-corrected chi connectivity index (χ2v) is 6.24. The molecule has 0 saturated heterocycles. The number of hydrogen-bond donors (Lipinski definition) is 0. The van der Waals surface area contributed by atoms with Crippen LogP contribution >= 0.6 is 10.7 Å². The van der Waals surface area contributed by atoms with Gasteiger partial charge < -0.3 is 4.74 Å². The molecule has 0 spiro atoms. The van der Waals surface area contributed by atoms with Crippen LogP contribution in [0.4, 0.5) is 0 Å². The van der Waals surface area contributed by atoms with E-state index >= 15 is 0 Å². The molecule has 0 fully saturated rings. The van der Waals surface area contributed by atoms with Crippen LogP contribution in [-0.4, -0.2) is 15.0 Å². The van der Waals surface area contributed by atoms with Crippen LogP contribution in [0.1, 0.15) is 24.8 Å². The fourth-order valence-corrected chi connectivity index (χ4v) is 2.48. The third-order valence-corrected chi connectivity index (χ3v) is 3.95. The number of rotatable bonds is 1.